The molecule has 1 N–H and O–H groups in total. The van der Waals surface area contributed by atoms with Crippen molar-refractivity contribution in [2.75, 3.05) is 7.11 Å². The first-order valence-electron chi connectivity index (χ1n) is 14.3. The molecule has 1 spiro atoms. The Morgan fingerprint density at radius 2 is 1.93 bits per heavy atom. The number of benzene rings is 1. The number of aliphatic hydroxyl groups excluding tert-OH is 1. The molecule has 11 atom stereocenters. The number of carbonyl (C=O) groups is 2. The third-order valence-corrected chi connectivity index (χ3v) is 9.76. The van der Waals surface area contributed by atoms with Gasteiger partial charge in [0.05, 0.1) is 6.10 Å². The molecule has 6 rings (SSSR count). The van der Waals surface area contributed by atoms with Crippen molar-refractivity contribution in [2.45, 2.75) is 69.7 Å². The number of esters is 2. The molecule has 0 radical (unpaired) electrons. The van der Waals surface area contributed by atoms with Gasteiger partial charge in [0, 0.05) is 42.3 Å². The topological polar surface area (TPSA) is 91.3 Å². The van der Waals surface area contributed by atoms with Gasteiger partial charge in [0.1, 0.15) is 23.9 Å². The van der Waals surface area contributed by atoms with Crippen LogP contribution in [0.15, 0.2) is 77.9 Å². The summed E-state index contributed by atoms with van der Waals surface area (Å²) in [4.78, 5) is 26.5. The molecule has 7 nitrogen and oxygen atoms in total. The molecule has 1 saturated heterocycles. The van der Waals surface area contributed by atoms with Crippen LogP contribution in [0.4, 0.5) is 0 Å². The van der Waals surface area contributed by atoms with E-state index in [0.29, 0.717) is 18.4 Å². The predicted octanol–water partition coefficient (Wildman–Crippen LogP) is 4.64. The number of hydrogen-bond donors (Lipinski definition) is 1. The maximum atomic E-state index is 13.4. The van der Waals surface area contributed by atoms with Gasteiger partial charge in [-0.2, -0.15) is 0 Å². The van der Waals surface area contributed by atoms with E-state index >= 15 is 0 Å². The lowest BCUT2D eigenvalue weighted by atomic mass is 9.57. The molecule has 1 saturated carbocycles. The van der Waals surface area contributed by atoms with E-state index in [1.165, 1.54) is 7.11 Å². The van der Waals surface area contributed by atoms with Crippen LogP contribution in [0, 0.1) is 29.6 Å². The van der Waals surface area contributed by atoms with Crippen molar-refractivity contribution in [1.29, 1.82) is 0 Å². The number of methoxy groups -OCH3 is 1. The van der Waals surface area contributed by atoms with Crippen molar-refractivity contribution < 1.29 is 33.6 Å². The highest BCUT2D eigenvalue weighted by Crippen LogP contribution is 2.61. The molecule has 4 bridgehead atoms. The van der Waals surface area contributed by atoms with Crippen LogP contribution >= 0.6 is 0 Å². The first-order chi connectivity index (χ1) is 19.3. The first kappa shape index (κ1) is 27.2. The molecule has 2 fully saturated rings. The molecule has 40 heavy (non-hydrogen) atoms. The first-order valence-corrected chi connectivity index (χ1v) is 14.3. The van der Waals surface area contributed by atoms with Crippen LogP contribution < -0.4 is 0 Å². The van der Waals surface area contributed by atoms with Gasteiger partial charge in [-0.1, -0.05) is 80.6 Å². The maximum Gasteiger partial charge on any atom is 0.335 e. The third kappa shape index (κ3) is 4.21. The molecule has 7 heteroatoms. The molecule has 2 heterocycles. The lowest BCUT2D eigenvalue weighted by Crippen LogP contribution is -2.57. The smallest absolute Gasteiger partial charge is 0.335 e. The molecule has 3 aliphatic carbocycles. The minimum atomic E-state index is -0.878. The highest BCUT2D eigenvalue weighted by molar-refractivity contribution is 5.90. The summed E-state index contributed by atoms with van der Waals surface area (Å²) < 4.78 is 24.9. The van der Waals surface area contributed by atoms with Gasteiger partial charge in [-0.15, -0.1) is 0 Å². The second-order valence-electron chi connectivity index (χ2n) is 12.0. The summed E-state index contributed by atoms with van der Waals surface area (Å²) in [6.07, 6.45) is 9.66. The average Bonchev–Trinajstić information content (AvgIpc) is 3.56. The van der Waals surface area contributed by atoms with Gasteiger partial charge < -0.3 is 24.1 Å². The Kier molecular flexibility index (Phi) is 7.09. The normalized spacial score (nSPS) is 43.3. The van der Waals surface area contributed by atoms with Gasteiger partial charge >= 0.3 is 11.9 Å². The van der Waals surface area contributed by atoms with Crippen LogP contribution in [0.3, 0.4) is 0 Å². The Morgan fingerprint density at radius 1 is 1.15 bits per heavy atom. The zero-order valence-electron chi connectivity index (χ0n) is 23.4. The summed E-state index contributed by atoms with van der Waals surface area (Å²) >= 11 is 0. The summed E-state index contributed by atoms with van der Waals surface area (Å²) in [5.74, 6) is -1.90. The minimum Gasteiger partial charge on any atom is -0.456 e. The molecule has 1 aromatic rings. The lowest BCUT2D eigenvalue weighted by Gasteiger charge is -2.48. The van der Waals surface area contributed by atoms with E-state index in [0.717, 1.165) is 11.1 Å². The number of allylic oxidation sites excluding steroid dienone is 3. The average molecular weight is 547 g/mol. The quantitative estimate of drug-likeness (QED) is 0.435. The standard InChI is InChI=1S/C33H38O7/c1-18-16-19(2)33-23(17-25(37-4)32(36)38-28(18)21-10-6-5-7-11-21)14-15-24-26(33)27(34)20(3)29(30(24)40-33)39-31(35)22-12-8-9-13-22/h5-12,14-16,18,20,23-30,34H,13,17H2,1-4H3/b19-16+/t18-,20+,23+,24+,25-,26-,27+,28-,29+,30+,33-/m0/s1. The van der Waals surface area contributed by atoms with Crippen molar-refractivity contribution in [3.63, 3.8) is 0 Å². The van der Waals surface area contributed by atoms with Gasteiger partial charge in [-0.3, -0.25) is 0 Å². The number of carbonyl (C=O) groups excluding carboxylic acids is 2. The zero-order chi connectivity index (χ0) is 28.2. The predicted molar refractivity (Wildman–Crippen MR) is 148 cm³/mol. The number of hydrogen-bond acceptors (Lipinski definition) is 7. The SMILES string of the molecule is CO[C@H]1C[C@H]2C=C[C@H]3[C@H]4O[C@]2(/C(C)=C/[C@H](C)[C@@H](c2ccccc2)OC1=O)[C@@H]3[C@H](O)[C@@H](C)[C@H]4OC(=O)C1=CC=CC1. The summed E-state index contributed by atoms with van der Waals surface area (Å²) in [5, 5.41) is 11.8. The Balaban J connectivity index is 1.41. The fourth-order valence-electron chi connectivity index (χ4n) is 7.76. The monoisotopic (exact) mass is 546 g/mol. The summed E-state index contributed by atoms with van der Waals surface area (Å²) in [5.41, 5.74) is 1.62. The second-order valence-corrected chi connectivity index (χ2v) is 12.0. The van der Waals surface area contributed by atoms with E-state index in [1.54, 1.807) is 6.08 Å². The number of ether oxygens (including phenoxy) is 4. The van der Waals surface area contributed by atoms with Crippen molar-refractivity contribution in [1.82, 2.24) is 0 Å². The van der Waals surface area contributed by atoms with Crippen LogP contribution in [-0.4, -0.2) is 54.2 Å². The molecule has 0 aromatic heterocycles. The van der Waals surface area contributed by atoms with Crippen LogP contribution in [0.25, 0.3) is 0 Å². The molecule has 0 amide bonds. The van der Waals surface area contributed by atoms with E-state index in [-0.39, 0.29) is 35.6 Å². The number of cyclic esters (lactones) is 1. The summed E-state index contributed by atoms with van der Waals surface area (Å²) in [6, 6.07) is 9.73. The van der Waals surface area contributed by atoms with Crippen LogP contribution in [0.1, 0.15) is 45.3 Å². The third-order valence-electron chi connectivity index (χ3n) is 9.76. The van der Waals surface area contributed by atoms with E-state index in [4.69, 9.17) is 18.9 Å². The molecule has 212 valence electrons. The molecule has 5 aliphatic rings. The second kappa shape index (κ2) is 10.4. The fraction of sp³-hybridized carbons (Fsp3) is 0.515. The molecule has 0 unspecified atom stereocenters. The highest BCUT2D eigenvalue weighted by atomic mass is 16.6. The van der Waals surface area contributed by atoms with E-state index in [2.05, 4.69) is 25.2 Å². The van der Waals surface area contributed by atoms with Crippen molar-refractivity contribution in [3.8, 4) is 0 Å². The summed E-state index contributed by atoms with van der Waals surface area (Å²) in [6.45, 7) is 6.03. The highest BCUT2D eigenvalue weighted by Gasteiger charge is 2.69. The molecular formula is C33H38O7. The molecule has 2 aliphatic heterocycles. The van der Waals surface area contributed by atoms with Gasteiger partial charge in [0.15, 0.2) is 6.10 Å². The van der Waals surface area contributed by atoms with Gasteiger partial charge in [-0.05, 0) is 30.9 Å². The van der Waals surface area contributed by atoms with Gasteiger partial charge in [0.2, 0.25) is 0 Å². The Hall–Kier alpha value is -3.00. The Bertz CT molecular complexity index is 1280. The van der Waals surface area contributed by atoms with Crippen LogP contribution in [0.5, 0.6) is 0 Å². The van der Waals surface area contributed by atoms with Crippen LogP contribution in [0.2, 0.25) is 0 Å². The Morgan fingerprint density at radius 3 is 2.62 bits per heavy atom. The lowest BCUT2D eigenvalue weighted by molar-refractivity contribution is -0.169. The Labute approximate surface area is 235 Å². The van der Waals surface area contributed by atoms with Crippen molar-refractivity contribution in [2.24, 2.45) is 29.6 Å². The largest absolute Gasteiger partial charge is 0.456 e. The molecule has 1 aromatic carbocycles. The van der Waals surface area contributed by atoms with Gasteiger partial charge in [-0.25, -0.2) is 9.59 Å². The zero-order valence-corrected chi connectivity index (χ0v) is 23.4. The van der Waals surface area contributed by atoms with Gasteiger partial charge in [0.25, 0.3) is 0 Å². The molecular weight excluding hydrogens is 508 g/mol. The number of rotatable bonds is 4. The minimum absolute atomic E-state index is 0.129. The maximum absolute atomic E-state index is 13.4. The number of aliphatic hydroxyl groups is 1. The van der Waals surface area contributed by atoms with Crippen molar-refractivity contribution in [3.05, 3.63) is 83.5 Å². The van der Waals surface area contributed by atoms with Crippen molar-refractivity contribution >= 4 is 11.9 Å². The summed E-state index contributed by atoms with van der Waals surface area (Å²) in [7, 11) is 1.52. The van der Waals surface area contributed by atoms with E-state index in [1.807, 2.05) is 56.3 Å². The van der Waals surface area contributed by atoms with E-state index < -0.39 is 42.1 Å². The fourth-order valence-corrected chi connectivity index (χ4v) is 7.76. The van der Waals surface area contributed by atoms with Crippen LogP contribution in [-0.2, 0) is 28.5 Å². The van der Waals surface area contributed by atoms with E-state index in [9.17, 15) is 14.7 Å².